The molecule has 0 amide bonds. The second kappa shape index (κ2) is 12.9. The fourth-order valence-electron chi connectivity index (χ4n) is 4.82. The van der Waals surface area contributed by atoms with Gasteiger partial charge in [0, 0.05) is 29.3 Å². The minimum Gasteiger partial charge on any atom is -0.461 e. The Balaban J connectivity index is 1.52. The third-order valence-corrected chi connectivity index (χ3v) is 7.18. The molecule has 13 heteroatoms. The Labute approximate surface area is 253 Å². The molecule has 4 rings (SSSR count). The Morgan fingerprint density at radius 3 is 2.56 bits per heavy atom. The molecule has 232 valence electrons. The third-order valence-electron chi connectivity index (χ3n) is 6.95. The zero-order chi connectivity index (χ0) is 31.5. The van der Waals surface area contributed by atoms with E-state index in [-0.39, 0.29) is 45.4 Å². The number of nitrogens with two attached hydrogens (primary N) is 1. The Morgan fingerprint density at radius 2 is 1.95 bits per heavy atom. The summed E-state index contributed by atoms with van der Waals surface area (Å²) in [7, 11) is 0. The number of ether oxygens (including phenoxy) is 2. The number of esters is 1. The molecule has 2 heterocycles. The molecule has 3 unspecified atom stereocenters. The van der Waals surface area contributed by atoms with Gasteiger partial charge in [-0.25, -0.2) is 14.5 Å². The first-order chi connectivity index (χ1) is 20.1. The smallest absolute Gasteiger partial charge is 0.429 e. The van der Waals surface area contributed by atoms with Gasteiger partial charge in [0.2, 0.25) is 17.9 Å². The molecule has 5 N–H and O–H groups in total. The van der Waals surface area contributed by atoms with Crippen LogP contribution in [-0.2, 0) is 9.53 Å². The van der Waals surface area contributed by atoms with Gasteiger partial charge in [0.25, 0.3) is 0 Å². The summed E-state index contributed by atoms with van der Waals surface area (Å²) in [4.78, 5) is 20.6. The van der Waals surface area contributed by atoms with Crippen molar-refractivity contribution in [1.29, 1.82) is 0 Å². The van der Waals surface area contributed by atoms with Gasteiger partial charge in [-0.15, -0.1) is 0 Å². The topological polar surface area (TPSA) is 133 Å². The van der Waals surface area contributed by atoms with E-state index in [0.717, 1.165) is 12.0 Å². The molecule has 43 heavy (non-hydrogen) atoms. The number of halogens is 4. The molecule has 0 radical (unpaired) electrons. The van der Waals surface area contributed by atoms with E-state index < -0.39 is 18.3 Å². The quantitative estimate of drug-likeness (QED) is 0.295. The van der Waals surface area contributed by atoms with Crippen LogP contribution < -0.4 is 16.2 Å². The molecule has 0 fully saturated rings. The van der Waals surface area contributed by atoms with E-state index in [1.54, 1.807) is 19.2 Å². The first-order valence-electron chi connectivity index (χ1n) is 14.0. The first-order valence-corrected chi connectivity index (χ1v) is 14.4. The van der Waals surface area contributed by atoms with E-state index >= 15 is 0 Å². The average Bonchev–Trinajstić information content (AvgIpc) is 3.35. The number of aryl methyl sites for hydroxylation is 1. The highest BCUT2D eigenvalue weighted by molar-refractivity contribution is 6.30. The van der Waals surface area contributed by atoms with Crippen molar-refractivity contribution in [3.63, 3.8) is 0 Å². The summed E-state index contributed by atoms with van der Waals surface area (Å²) >= 11 is 6.13. The molecule has 3 aromatic rings. The lowest BCUT2D eigenvalue weighted by Crippen LogP contribution is -2.66. The number of hydrogen-bond acceptors (Lipinski definition) is 7. The molecule has 2 aromatic heterocycles. The lowest BCUT2D eigenvalue weighted by molar-refractivity contribution is -0.412. The lowest BCUT2D eigenvalue weighted by Gasteiger charge is -2.25. The van der Waals surface area contributed by atoms with Crippen molar-refractivity contribution in [2.45, 2.75) is 71.7 Å². The average molecular weight is 622 g/mol. The molecule has 0 saturated heterocycles. The molecular formula is C30H37ClF3N6O3+. The van der Waals surface area contributed by atoms with Gasteiger partial charge in [0.15, 0.2) is 6.04 Å². The highest BCUT2D eigenvalue weighted by Crippen LogP contribution is 2.40. The van der Waals surface area contributed by atoms with E-state index in [2.05, 4.69) is 20.8 Å². The van der Waals surface area contributed by atoms with Gasteiger partial charge in [-0.3, -0.25) is 0 Å². The second-order valence-corrected chi connectivity index (χ2v) is 12.5. The number of quaternary nitrogens is 1. The van der Waals surface area contributed by atoms with Crippen molar-refractivity contribution >= 4 is 29.1 Å². The van der Waals surface area contributed by atoms with Crippen LogP contribution in [0.5, 0.6) is 5.88 Å². The predicted octanol–water partition coefficient (Wildman–Crippen LogP) is 5.66. The summed E-state index contributed by atoms with van der Waals surface area (Å²) < 4.78 is 55.6. The van der Waals surface area contributed by atoms with Gasteiger partial charge in [-0.1, -0.05) is 44.5 Å². The van der Waals surface area contributed by atoms with Crippen LogP contribution in [0.2, 0.25) is 5.02 Å². The van der Waals surface area contributed by atoms with Crippen molar-refractivity contribution in [1.82, 2.24) is 19.7 Å². The number of benzene rings is 1. The van der Waals surface area contributed by atoms with Crippen LogP contribution in [0.3, 0.4) is 0 Å². The number of alkyl halides is 3. The second-order valence-electron chi connectivity index (χ2n) is 12.1. The number of rotatable bonds is 9. The molecule has 0 saturated carbocycles. The summed E-state index contributed by atoms with van der Waals surface area (Å²) in [5, 5.41) is 4.49. The standard InChI is InChI=1S/C30H36ClF3N6O3/c1-17-11-12-40(39-17)24-14-20(31)9-10-21(24)26(30(32,33)34)43-25-15-23(37-28(36)38-25)19-7-5-18(6-8-19)13-22(35)27(41)42-16-29(2,3)4/h7,9-12,14-15,18,22,26H,5-6,8,13,16,35H2,1-4H3,(H2,36,37,38)/p+1. The van der Waals surface area contributed by atoms with E-state index in [1.807, 2.05) is 26.8 Å². The minimum atomic E-state index is -4.80. The fourth-order valence-corrected chi connectivity index (χ4v) is 4.99. The highest BCUT2D eigenvalue weighted by atomic mass is 35.5. The van der Waals surface area contributed by atoms with Gasteiger partial charge >= 0.3 is 12.1 Å². The molecule has 3 atom stereocenters. The van der Waals surface area contributed by atoms with Crippen LogP contribution in [0.25, 0.3) is 11.3 Å². The number of aromatic nitrogens is 4. The van der Waals surface area contributed by atoms with Crippen LogP contribution in [0.15, 0.2) is 42.6 Å². The first kappa shape index (κ1) is 32.3. The van der Waals surface area contributed by atoms with Crippen LogP contribution >= 0.6 is 11.6 Å². The van der Waals surface area contributed by atoms with Gasteiger partial charge in [-0.05, 0) is 61.3 Å². The monoisotopic (exact) mass is 621 g/mol. The van der Waals surface area contributed by atoms with E-state index in [9.17, 15) is 18.0 Å². The number of carbonyl (C=O) groups excluding carboxylic acids is 1. The Bertz CT molecular complexity index is 1480. The van der Waals surface area contributed by atoms with Crippen molar-refractivity contribution < 1.29 is 33.2 Å². The molecule has 9 nitrogen and oxygen atoms in total. The zero-order valence-electron chi connectivity index (χ0n) is 24.6. The van der Waals surface area contributed by atoms with Crippen molar-refractivity contribution in [3.05, 3.63) is 64.6 Å². The number of allylic oxidation sites excluding steroid dienone is 2. The maximum atomic E-state index is 14.4. The summed E-state index contributed by atoms with van der Waals surface area (Å²) in [6.45, 7) is 8.02. The van der Waals surface area contributed by atoms with Crippen LogP contribution in [0.4, 0.5) is 19.1 Å². The third kappa shape index (κ3) is 8.70. The highest BCUT2D eigenvalue weighted by Gasteiger charge is 2.45. The summed E-state index contributed by atoms with van der Waals surface area (Å²) in [5.74, 6) is -0.646. The largest absolute Gasteiger partial charge is 0.461 e. The molecular weight excluding hydrogens is 585 g/mol. The minimum absolute atomic E-state index is 0.122. The predicted molar refractivity (Wildman–Crippen MR) is 156 cm³/mol. The van der Waals surface area contributed by atoms with E-state index in [0.29, 0.717) is 37.3 Å². The Morgan fingerprint density at radius 1 is 1.21 bits per heavy atom. The van der Waals surface area contributed by atoms with Crippen LogP contribution in [0, 0.1) is 18.3 Å². The van der Waals surface area contributed by atoms with Gasteiger partial charge in [0.05, 0.1) is 23.7 Å². The molecule has 1 aliphatic rings. The number of anilines is 1. The molecule has 0 aliphatic heterocycles. The van der Waals surface area contributed by atoms with Gasteiger partial charge in [0.1, 0.15) is 0 Å². The fraction of sp³-hybridized carbons (Fsp3) is 0.467. The number of carbonyl (C=O) groups is 1. The lowest BCUT2D eigenvalue weighted by atomic mass is 9.84. The van der Waals surface area contributed by atoms with Gasteiger partial charge in [-0.2, -0.15) is 23.3 Å². The SMILES string of the molecule is Cc1ccn(-c2cc(Cl)ccc2C(Oc2cc(C3=CCC(CC([NH3+])C(=O)OCC(C)(C)C)CC3)nc(N)n2)C(F)(F)F)n1. The summed E-state index contributed by atoms with van der Waals surface area (Å²) in [6, 6.07) is 6.57. The summed E-state index contributed by atoms with van der Waals surface area (Å²) in [6.07, 6.45) is -1.13. The van der Waals surface area contributed by atoms with Crippen LogP contribution in [-0.4, -0.2) is 44.5 Å². The maximum Gasteiger partial charge on any atom is 0.429 e. The summed E-state index contributed by atoms with van der Waals surface area (Å²) in [5.41, 5.74) is 11.5. The molecule has 1 aliphatic carbocycles. The number of nitrogen functional groups attached to an aromatic ring is 1. The van der Waals surface area contributed by atoms with E-state index in [4.69, 9.17) is 26.8 Å². The molecule has 1 aromatic carbocycles. The maximum absolute atomic E-state index is 14.4. The van der Waals surface area contributed by atoms with Crippen LogP contribution in [0.1, 0.15) is 69.5 Å². The Hall–Kier alpha value is -3.64. The van der Waals surface area contributed by atoms with Crippen molar-refractivity contribution in [2.75, 3.05) is 12.3 Å². The molecule has 0 spiro atoms. The number of hydrogen-bond donors (Lipinski definition) is 2. The van der Waals surface area contributed by atoms with Crippen molar-refractivity contribution in [2.24, 2.45) is 11.3 Å². The zero-order valence-corrected chi connectivity index (χ0v) is 25.4. The van der Waals surface area contributed by atoms with Gasteiger partial charge < -0.3 is 20.9 Å². The van der Waals surface area contributed by atoms with E-state index in [1.165, 1.54) is 28.9 Å². The normalized spacial score (nSPS) is 17.2. The molecule has 0 bridgehead atoms. The Kier molecular flexibility index (Phi) is 9.70. The van der Waals surface area contributed by atoms with Crippen molar-refractivity contribution in [3.8, 4) is 11.6 Å². The number of nitrogens with zero attached hydrogens (tertiary/aromatic N) is 4.